The van der Waals surface area contributed by atoms with E-state index in [0.717, 1.165) is 9.88 Å². The Morgan fingerprint density at radius 2 is 2.33 bits per heavy atom. The van der Waals surface area contributed by atoms with E-state index in [2.05, 4.69) is 9.71 Å². The number of nitrogens with zero attached hydrogens (tertiary/aromatic N) is 1. The number of aryl methyl sites for hydroxylation is 1. The molecule has 3 N–H and O–H groups in total. The third-order valence-electron chi connectivity index (χ3n) is 1.73. The van der Waals surface area contributed by atoms with Crippen LogP contribution < -0.4 is 10.5 Å². The average molecular weight is 249 g/mol. The Kier molecular flexibility index (Phi) is 4.65. The van der Waals surface area contributed by atoms with Crippen LogP contribution in [0.25, 0.3) is 0 Å². The molecule has 0 atom stereocenters. The fourth-order valence-electron chi connectivity index (χ4n) is 1.00. The molecule has 0 aliphatic heterocycles. The van der Waals surface area contributed by atoms with E-state index in [0.29, 0.717) is 13.0 Å². The number of hydrogen-bond acceptors (Lipinski definition) is 5. The van der Waals surface area contributed by atoms with Crippen LogP contribution in [0.1, 0.15) is 16.3 Å². The highest BCUT2D eigenvalue weighted by atomic mass is 32.2. The van der Waals surface area contributed by atoms with Gasteiger partial charge in [-0.05, 0) is 19.9 Å². The number of hydrogen-bond donors (Lipinski definition) is 2. The fraction of sp³-hybridized carbons (Fsp3) is 0.625. The first-order chi connectivity index (χ1) is 7.03. The summed E-state index contributed by atoms with van der Waals surface area (Å²) in [6, 6.07) is 0. The largest absolute Gasteiger partial charge is 0.330 e. The monoisotopic (exact) mass is 249 g/mol. The summed E-state index contributed by atoms with van der Waals surface area (Å²) in [7, 11) is -3.20. The van der Waals surface area contributed by atoms with E-state index in [-0.39, 0.29) is 12.3 Å². The van der Waals surface area contributed by atoms with E-state index < -0.39 is 10.0 Å². The lowest BCUT2D eigenvalue weighted by Crippen LogP contribution is -2.26. The minimum atomic E-state index is -3.20. The van der Waals surface area contributed by atoms with Gasteiger partial charge in [-0.1, -0.05) is 0 Å². The van der Waals surface area contributed by atoms with Crippen LogP contribution in [0.3, 0.4) is 0 Å². The summed E-state index contributed by atoms with van der Waals surface area (Å²) < 4.78 is 25.2. The van der Waals surface area contributed by atoms with Gasteiger partial charge >= 0.3 is 0 Å². The molecule has 0 saturated heterocycles. The van der Waals surface area contributed by atoms with Crippen molar-refractivity contribution in [3.8, 4) is 0 Å². The highest BCUT2D eigenvalue weighted by Gasteiger charge is 2.09. The Labute approximate surface area is 93.8 Å². The Balaban J connectivity index is 2.42. The van der Waals surface area contributed by atoms with Crippen LogP contribution in [0.15, 0.2) is 6.20 Å². The first kappa shape index (κ1) is 12.6. The quantitative estimate of drug-likeness (QED) is 0.755. The summed E-state index contributed by atoms with van der Waals surface area (Å²) >= 11 is 1.49. The third kappa shape index (κ3) is 4.70. The molecule has 0 aliphatic carbocycles. The normalized spacial score (nSPS) is 11.9. The summed E-state index contributed by atoms with van der Waals surface area (Å²) in [4.78, 5) is 5.14. The Bertz CT molecular complexity index is 400. The number of rotatable bonds is 6. The molecule has 0 aromatic carbocycles. The second kappa shape index (κ2) is 5.55. The summed E-state index contributed by atoms with van der Waals surface area (Å²) in [5.41, 5.74) is 5.24. The SMILES string of the molecule is Cc1cnc(CNS(=O)(=O)CCCN)s1. The van der Waals surface area contributed by atoms with Crippen LogP contribution in [0, 0.1) is 6.92 Å². The van der Waals surface area contributed by atoms with Gasteiger partial charge in [-0.15, -0.1) is 11.3 Å². The van der Waals surface area contributed by atoms with Crippen LogP contribution in [-0.4, -0.2) is 25.7 Å². The fourth-order valence-corrected chi connectivity index (χ4v) is 2.87. The minimum Gasteiger partial charge on any atom is -0.330 e. The summed E-state index contributed by atoms with van der Waals surface area (Å²) in [6.07, 6.45) is 2.21. The standard InChI is InChI=1S/C8H15N3O2S2/c1-7-5-10-8(14-7)6-11-15(12,13)4-2-3-9/h5,11H,2-4,6,9H2,1H3. The molecule has 0 saturated carbocycles. The summed E-state index contributed by atoms with van der Waals surface area (Å²) in [6.45, 7) is 2.59. The predicted molar refractivity (Wildman–Crippen MR) is 61.1 cm³/mol. The Hall–Kier alpha value is -0.500. The molecule has 0 spiro atoms. The van der Waals surface area contributed by atoms with Crippen LogP contribution in [0.2, 0.25) is 0 Å². The zero-order valence-electron chi connectivity index (χ0n) is 8.56. The highest BCUT2D eigenvalue weighted by Crippen LogP contribution is 2.10. The molecule has 0 aliphatic rings. The third-order valence-corrected chi connectivity index (χ3v) is 4.05. The molecule has 0 unspecified atom stereocenters. The van der Waals surface area contributed by atoms with Crippen molar-refractivity contribution in [1.82, 2.24) is 9.71 Å². The summed E-state index contributed by atoms with van der Waals surface area (Å²) in [5.74, 6) is 0.0772. The van der Waals surface area contributed by atoms with Gasteiger partial charge in [0.05, 0.1) is 12.3 Å². The average Bonchev–Trinajstić information content (AvgIpc) is 2.59. The predicted octanol–water partition coefficient (Wildman–Crippen LogP) is 0.220. The van der Waals surface area contributed by atoms with Gasteiger partial charge in [-0.2, -0.15) is 0 Å². The second-order valence-corrected chi connectivity index (χ2v) is 6.39. The van der Waals surface area contributed by atoms with E-state index in [1.165, 1.54) is 11.3 Å². The van der Waals surface area contributed by atoms with Crippen molar-refractivity contribution in [2.24, 2.45) is 5.73 Å². The maximum absolute atomic E-state index is 11.4. The second-order valence-electron chi connectivity index (χ2n) is 3.15. The first-order valence-electron chi connectivity index (χ1n) is 4.62. The van der Waals surface area contributed by atoms with Crippen molar-refractivity contribution in [3.63, 3.8) is 0 Å². The molecular formula is C8H15N3O2S2. The van der Waals surface area contributed by atoms with Crippen molar-refractivity contribution in [2.45, 2.75) is 19.9 Å². The van der Waals surface area contributed by atoms with Gasteiger partial charge < -0.3 is 5.73 Å². The Morgan fingerprint density at radius 1 is 1.60 bits per heavy atom. The number of sulfonamides is 1. The number of aromatic nitrogens is 1. The van der Waals surface area contributed by atoms with Crippen molar-refractivity contribution < 1.29 is 8.42 Å². The van der Waals surface area contributed by atoms with E-state index >= 15 is 0 Å². The molecule has 5 nitrogen and oxygen atoms in total. The van der Waals surface area contributed by atoms with Crippen molar-refractivity contribution >= 4 is 21.4 Å². The molecule has 0 fully saturated rings. The van der Waals surface area contributed by atoms with Gasteiger partial charge in [0.1, 0.15) is 5.01 Å². The van der Waals surface area contributed by atoms with E-state index in [1.807, 2.05) is 6.92 Å². The zero-order valence-corrected chi connectivity index (χ0v) is 10.2. The molecule has 1 heterocycles. The molecule has 1 rings (SSSR count). The maximum atomic E-state index is 11.4. The first-order valence-corrected chi connectivity index (χ1v) is 7.09. The maximum Gasteiger partial charge on any atom is 0.212 e. The van der Waals surface area contributed by atoms with Crippen molar-refractivity contribution in [3.05, 3.63) is 16.1 Å². The van der Waals surface area contributed by atoms with Crippen LogP contribution >= 0.6 is 11.3 Å². The van der Waals surface area contributed by atoms with Gasteiger partial charge in [-0.3, -0.25) is 0 Å². The topological polar surface area (TPSA) is 85.1 Å². The lowest BCUT2D eigenvalue weighted by atomic mass is 10.5. The van der Waals surface area contributed by atoms with Crippen LogP contribution in [-0.2, 0) is 16.6 Å². The van der Waals surface area contributed by atoms with Crippen molar-refractivity contribution in [2.75, 3.05) is 12.3 Å². The molecule has 86 valence electrons. The number of thiazole rings is 1. The van der Waals surface area contributed by atoms with Crippen LogP contribution in [0.4, 0.5) is 0 Å². The van der Waals surface area contributed by atoms with Gasteiger partial charge in [0, 0.05) is 11.1 Å². The molecule has 0 bridgehead atoms. The van der Waals surface area contributed by atoms with Crippen LogP contribution in [0.5, 0.6) is 0 Å². The van der Waals surface area contributed by atoms with E-state index in [9.17, 15) is 8.42 Å². The van der Waals surface area contributed by atoms with Gasteiger partial charge in [0.25, 0.3) is 0 Å². The molecule has 0 amide bonds. The van der Waals surface area contributed by atoms with Gasteiger partial charge in [0.2, 0.25) is 10.0 Å². The van der Waals surface area contributed by atoms with Gasteiger partial charge in [0.15, 0.2) is 0 Å². The van der Waals surface area contributed by atoms with Gasteiger partial charge in [-0.25, -0.2) is 18.1 Å². The van der Waals surface area contributed by atoms with E-state index in [4.69, 9.17) is 5.73 Å². The highest BCUT2D eigenvalue weighted by molar-refractivity contribution is 7.89. The molecule has 1 aromatic heterocycles. The molecular weight excluding hydrogens is 234 g/mol. The lowest BCUT2D eigenvalue weighted by Gasteiger charge is -2.03. The summed E-state index contributed by atoms with van der Waals surface area (Å²) in [5, 5.41) is 0.781. The molecule has 1 aromatic rings. The smallest absolute Gasteiger partial charge is 0.212 e. The minimum absolute atomic E-state index is 0.0772. The number of nitrogens with one attached hydrogen (secondary N) is 1. The lowest BCUT2D eigenvalue weighted by molar-refractivity contribution is 0.578. The molecule has 15 heavy (non-hydrogen) atoms. The molecule has 7 heteroatoms. The van der Waals surface area contributed by atoms with Crippen molar-refractivity contribution in [1.29, 1.82) is 0 Å². The Morgan fingerprint density at radius 3 is 2.87 bits per heavy atom. The zero-order chi connectivity index (χ0) is 11.3. The number of nitrogens with two attached hydrogens (primary N) is 1. The van der Waals surface area contributed by atoms with E-state index in [1.54, 1.807) is 6.20 Å². The molecule has 0 radical (unpaired) electrons.